The van der Waals surface area contributed by atoms with Gasteiger partial charge in [0, 0.05) is 0 Å². The first kappa shape index (κ1) is 11.6. The SMILES string of the molecule is CCC(O[P+](C)(C)O)c1ccccc1. The van der Waals surface area contributed by atoms with E-state index in [-0.39, 0.29) is 6.10 Å². The maximum absolute atomic E-state index is 9.67. The largest absolute Gasteiger partial charge is 0.266 e. The third kappa shape index (κ3) is 3.75. The fourth-order valence-electron chi connectivity index (χ4n) is 1.35. The Morgan fingerprint density at radius 3 is 2.29 bits per heavy atom. The van der Waals surface area contributed by atoms with Crippen LogP contribution in [0.15, 0.2) is 30.3 Å². The summed E-state index contributed by atoms with van der Waals surface area (Å²) in [7, 11) is -2.15. The van der Waals surface area contributed by atoms with Crippen molar-refractivity contribution >= 4 is 7.72 Å². The number of hydrogen-bond donors (Lipinski definition) is 1. The quantitative estimate of drug-likeness (QED) is 0.778. The summed E-state index contributed by atoms with van der Waals surface area (Å²) in [4.78, 5) is 9.67. The number of hydrogen-bond acceptors (Lipinski definition) is 2. The van der Waals surface area contributed by atoms with Gasteiger partial charge in [-0.25, -0.2) is 4.89 Å². The Kier molecular flexibility index (Phi) is 4.06. The molecule has 1 rings (SSSR count). The Labute approximate surface area is 86.4 Å². The van der Waals surface area contributed by atoms with E-state index in [1.54, 1.807) is 13.3 Å². The molecule has 0 saturated heterocycles. The smallest absolute Gasteiger partial charge is 0.221 e. The van der Waals surface area contributed by atoms with Gasteiger partial charge in [-0.15, -0.1) is 0 Å². The summed E-state index contributed by atoms with van der Waals surface area (Å²) in [6.07, 6.45) is 0.901. The Bertz CT molecular complexity index is 266. The van der Waals surface area contributed by atoms with Gasteiger partial charge < -0.3 is 0 Å². The van der Waals surface area contributed by atoms with Crippen molar-refractivity contribution in [2.75, 3.05) is 13.3 Å². The van der Waals surface area contributed by atoms with Gasteiger partial charge in [-0.2, -0.15) is 4.52 Å². The van der Waals surface area contributed by atoms with Crippen molar-refractivity contribution in [1.29, 1.82) is 0 Å². The average Bonchev–Trinajstić information content (AvgIpc) is 2.14. The summed E-state index contributed by atoms with van der Waals surface area (Å²) in [5.74, 6) is 0. The van der Waals surface area contributed by atoms with Crippen molar-refractivity contribution < 1.29 is 9.42 Å². The second-order valence-electron chi connectivity index (χ2n) is 3.71. The topological polar surface area (TPSA) is 29.5 Å². The Balaban J connectivity index is 2.73. The molecular formula is C11H18O2P+. The van der Waals surface area contributed by atoms with Crippen LogP contribution < -0.4 is 0 Å². The maximum Gasteiger partial charge on any atom is 0.266 e. The van der Waals surface area contributed by atoms with Gasteiger partial charge >= 0.3 is 0 Å². The van der Waals surface area contributed by atoms with Crippen LogP contribution in [0.4, 0.5) is 0 Å². The molecule has 0 radical (unpaired) electrons. The zero-order chi connectivity index (χ0) is 10.6. The standard InChI is InChI=1S/C11H18O2P/c1-4-11(13-14(2,3)12)10-8-6-5-7-9-10/h5-9,11-12H,4H2,1-3H3/q+1. The van der Waals surface area contributed by atoms with Crippen molar-refractivity contribution in [3.63, 3.8) is 0 Å². The molecule has 0 spiro atoms. The van der Waals surface area contributed by atoms with Gasteiger partial charge in [-0.3, -0.25) is 0 Å². The van der Waals surface area contributed by atoms with Gasteiger partial charge in [-0.05, 0) is 12.0 Å². The van der Waals surface area contributed by atoms with Crippen LogP contribution >= 0.6 is 7.72 Å². The van der Waals surface area contributed by atoms with Gasteiger partial charge in [0.1, 0.15) is 19.4 Å². The van der Waals surface area contributed by atoms with E-state index >= 15 is 0 Å². The summed E-state index contributed by atoms with van der Waals surface area (Å²) in [5.41, 5.74) is 1.14. The van der Waals surface area contributed by atoms with Crippen LogP contribution in [0, 0.1) is 0 Å². The first-order chi connectivity index (χ1) is 6.53. The lowest BCUT2D eigenvalue weighted by Gasteiger charge is -2.17. The highest BCUT2D eigenvalue weighted by molar-refractivity contribution is 7.63. The third-order valence-electron chi connectivity index (χ3n) is 1.93. The van der Waals surface area contributed by atoms with Gasteiger partial charge in [0.15, 0.2) is 0 Å². The number of rotatable bonds is 4. The van der Waals surface area contributed by atoms with Crippen molar-refractivity contribution in [2.45, 2.75) is 19.4 Å². The highest BCUT2D eigenvalue weighted by Crippen LogP contribution is 2.51. The van der Waals surface area contributed by atoms with Crippen LogP contribution in [0.2, 0.25) is 0 Å². The van der Waals surface area contributed by atoms with E-state index in [0.717, 1.165) is 12.0 Å². The zero-order valence-corrected chi connectivity index (χ0v) is 9.87. The molecule has 1 atom stereocenters. The fraction of sp³-hybridized carbons (Fsp3) is 0.455. The molecule has 1 N–H and O–H groups in total. The molecule has 1 aromatic rings. The maximum atomic E-state index is 9.67. The van der Waals surface area contributed by atoms with E-state index in [9.17, 15) is 4.89 Å². The molecule has 0 fully saturated rings. The van der Waals surface area contributed by atoms with Crippen LogP contribution in [-0.4, -0.2) is 18.2 Å². The fourth-order valence-corrected chi connectivity index (χ4v) is 2.24. The normalized spacial score (nSPS) is 14.0. The second kappa shape index (κ2) is 4.88. The van der Waals surface area contributed by atoms with Gasteiger partial charge in [-0.1, -0.05) is 37.3 Å². The summed E-state index contributed by atoms with van der Waals surface area (Å²) in [5, 5.41) is 0. The van der Waals surface area contributed by atoms with E-state index in [0.29, 0.717) is 0 Å². The van der Waals surface area contributed by atoms with Crippen LogP contribution in [0.1, 0.15) is 25.0 Å². The highest BCUT2D eigenvalue weighted by atomic mass is 31.2. The van der Waals surface area contributed by atoms with Gasteiger partial charge in [0.05, 0.1) is 0 Å². The molecule has 1 aromatic carbocycles. The highest BCUT2D eigenvalue weighted by Gasteiger charge is 2.28. The molecule has 0 aliphatic carbocycles. The Morgan fingerprint density at radius 1 is 1.29 bits per heavy atom. The van der Waals surface area contributed by atoms with Crippen molar-refractivity contribution in [3.8, 4) is 0 Å². The minimum atomic E-state index is -2.15. The number of benzene rings is 1. The van der Waals surface area contributed by atoms with Crippen LogP contribution in [0.5, 0.6) is 0 Å². The second-order valence-corrected chi connectivity index (χ2v) is 6.51. The lowest BCUT2D eigenvalue weighted by molar-refractivity contribution is 0.194. The lowest BCUT2D eigenvalue weighted by Crippen LogP contribution is -2.03. The van der Waals surface area contributed by atoms with E-state index in [2.05, 4.69) is 6.92 Å². The van der Waals surface area contributed by atoms with Gasteiger partial charge in [0.25, 0.3) is 7.72 Å². The summed E-state index contributed by atoms with van der Waals surface area (Å²) in [6, 6.07) is 10.0. The predicted molar refractivity (Wildman–Crippen MR) is 61.5 cm³/mol. The summed E-state index contributed by atoms with van der Waals surface area (Å²) in [6.45, 7) is 5.59. The molecule has 0 saturated carbocycles. The molecule has 2 nitrogen and oxygen atoms in total. The molecule has 78 valence electrons. The summed E-state index contributed by atoms with van der Waals surface area (Å²) < 4.78 is 5.64. The van der Waals surface area contributed by atoms with Crippen LogP contribution in [0.25, 0.3) is 0 Å². The van der Waals surface area contributed by atoms with E-state index in [1.807, 2.05) is 30.3 Å². The third-order valence-corrected chi connectivity index (χ3v) is 2.70. The van der Waals surface area contributed by atoms with Crippen LogP contribution in [0.3, 0.4) is 0 Å². The van der Waals surface area contributed by atoms with Crippen molar-refractivity contribution in [2.24, 2.45) is 0 Å². The monoisotopic (exact) mass is 213 g/mol. The van der Waals surface area contributed by atoms with E-state index < -0.39 is 7.72 Å². The Morgan fingerprint density at radius 2 is 1.86 bits per heavy atom. The Hall–Kier alpha value is -0.430. The first-order valence-electron chi connectivity index (χ1n) is 4.83. The molecule has 14 heavy (non-hydrogen) atoms. The van der Waals surface area contributed by atoms with E-state index in [1.165, 1.54) is 0 Å². The van der Waals surface area contributed by atoms with Crippen molar-refractivity contribution in [3.05, 3.63) is 35.9 Å². The van der Waals surface area contributed by atoms with E-state index in [4.69, 9.17) is 4.52 Å². The molecule has 0 aliphatic rings. The minimum Gasteiger partial charge on any atom is -0.221 e. The average molecular weight is 213 g/mol. The predicted octanol–water partition coefficient (Wildman–Crippen LogP) is 3.25. The molecule has 0 bridgehead atoms. The van der Waals surface area contributed by atoms with Crippen molar-refractivity contribution in [1.82, 2.24) is 0 Å². The molecule has 0 heterocycles. The van der Waals surface area contributed by atoms with Crippen LogP contribution in [-0.2, 0) is 4.52 Å². The molecule has 3 heteroatoms. The molecular weight excluding hydrogens is 195 g/mol. The molecule has 0 amide bonds. The lowest BCUT2D eigenvalue weighted by atomic mass is 10.1. The first-order valence-corrected chi connectivity index (χ1v) is 7.38. The molecule has 0 aliphatic heterocycles. The minimum absolute atomic E-state index is 0.0181. The summed E-state index contributed by atoms with van der Waals surface area (Å²) >= 11 is 0. The zero-order valence-electron chi connectivity index (χ0n) is 8.97. The van der Waals surface area contributed by atoms with Gasteiger partial charge in [0.2, 0.25) is 0 Å². The molecule has 0 aromatic heterocycles. The molecule has 1 unspecified atom stereocenters.